The van der Waals surface area contributed by atoms with E-state index in [1.54, 1.807) is 0 Å². The average Bonchev–Trinajstić information content (AvgIpc) is 3.31. The Bertz CT molecular complexity index is 1370. The molecular formula is C60H98O6. The van der Waals surface area contributed by atoms with Crippen LogP contribution in [0.4, 0.5) is 0 Å². The van der Waals surface area contributed by atoms with Crippen molar-refractivity contribution in [3.05, 3.63) is 109 Å². The van der Waals surface area contributed by atoms with Crippen LogP contribution in [0, 0.1) is 0 Å². The Morgan fingerprint density at radius 3 is 1.03 bits per heavy atom. The zero-order valence-electron chi connectivity index (χ0n) is 42.7. The second-order valence-electron chi connectivity index (χ2n) is 17.6. The van der Waals surface area contributed by atoms with Gasteiger partial charge in [0.1, 0.15) is 13.2 Å². The Morgan fingerprint density at radius 2 is 0.636 bits per heavy atom. The van der Waals surface area contributed by atoms with Crippen molar-refractivity contribution < 1.29 is 28.6 Å². The van der Waals surface area contributed by atoms with Crippen molar-refractivity contribution in [1.29, 1.82) is 0 Å². The van der Waals surface area contributed by atoms with E-state index in [9.17, 15) is 14.4 Å². The first kappa shape index (κ1) is 62.1. The van der Waals surface area contributed by atoms with Crippen LogP contribution in [-0.2, 0) is 28.6 Å². The van der Waals surface area contributed by atoms with Gasteiger partial charge in [0.05, 0.1) is 0 Å². The molecule has 0 aromatic heterocycles. The zero-order valence-corrected chi connectivity index (χ0v) is 42.7. The Kier molecular flexibility index (Phi) is 50.5. The molecule has 0 saturated heterocycles. The second-order valence-corrected chi connectivity index (χ2v) is 17.6. The Hall–Kier alpha value is -3.93. The maximum atomic E-state index is 12.8. The van der Waals surface area contributed by atoms with Crippen LogP contribution in [-0.4, -0.2) is 37.2 Å². The second kappa shape index (κ2) is 53.7. The Morgan fingerprint density at radius 1 is 0.318 bits per heavy atom. The van der Waals surface area contributed by atoms with Crippen LogP contribution in [0.25, 0.3) is 0 Å². The highest BCUT2D eigenvalue weighted by Gasteiger charge is 2.19. The molecule has 0 bridgehead atoms. The van der Waals surface area contributed by atoms with Gasteiger partial charge in [0.15, 0.2) is 6.10 Å². The molecule has 0 radical (unpaired) electrons. The van der Waals surface area contributed by atoms with Crippen LogP contribution >= 0.6 is 0 Å². The molecule has 0 heterocycles. The highest BCUT2D eigenvalue weighted by molar-refractivity contribution is 5.71. The van der Waals surface area contributed by atoms with Gasteiger partial charge in [0, 0.05) is 19.3 Å². The van der Waals surface area contributed by atoms with E-state index in [1.807, 2.05) is 24.3 Å². The minimum Gasteiger partial charge on any atom is -0.462 e. The minimum atomic E-state index is -0.802. The Balaban J connectivity index is 4.48. The number of allylic oxidation sites excluding steroid dienone is 18. The first-order valence-electron chi connectivity index (χ1n) is 27.0. The number of carbonyl (C=O) groups is 3. The van der Waals surface area contributed by atoms with Crippen LogP contribution < -0.4 is 0 Å². The van der Waals surface area contributed by atoms with Gasteiger partial charge in [-0.15, -0.1) is 0 Å². The molecule has 374 valence electrons. The van der Waals surface area contributed by atoms with E-state index >= 15 is 0 Å². The van der Waals surface area contributed by atoms with Gasteiger partial charge >= 0.3 is 17.9 Å². The molecule has 1 unspecified atom stereocenters. The summed E-state index contributed by atoms with van der Waals surface area (Å²) in [5.41, 5.74) is 0. The summed E-state index contributed by atoms with van der Waals surface area (Å²) in [7, 11) is 0. The van der Waals surface area contributed by atoms with E-state index in [0.29, 0.717) is 19.3 Å². The van der Waals surface area contributed by atoms with Crippen molar-refractivity contribution in [2.45, 2.75) is 239 Å². The summed E-state index contributed by atoms with van der Waals surface area (Å²) in [5.74, 6) is -0.951. The van der Waals surface area contributed by atoms with E-state index in [1.165, 1.54) is 83.5 Å². The number of hydrogen-bond donors (Lipinski definition) is 0. The molecule has 0 aromatic carbocycles. The smallest absolute Gasteiger partial charge is 0.306 e. The third kappa shape index (κ3) is 51.1. The van der Waals surface area contributed by atoms with Gasteiger partial charge in [-0.05, 0) is 83.5 Å². The summed E-state index contributed by atoms with van der Waals surface area (Å²) in [4.78, 5) is 38.1. The summed E-state index contributed by atoms with van der Waals surface area (Å²) in [6.07, 6.45) is 72.1. The molecule has 0 aliphatic heterocycles. The van der Waals surface area contributed by atoms with E-state index in [4.69, 9.17) is 14.2 Å². The van der Waals surface area contributed by atoms with Gasteiger partial charge in [-0.1, -0.05) is 239 Å². The van der Waals surface area contributed by atoms with Crippen LogP contribution in [0.5, 0.6) is 0 Å². The average molecular weight is 915 g/mol. The number of rotatable bonds is 47. The third-order valence-electron chi connectivity index (χ3n) is 11.2. The molecule has 0 amide bonds. The molecule has 0 aliphatic carbocycles. The van der Waals surface area contributed by atoms with E-state index < -0.39 is 6.10 Å². The lowest BCUT2D eigenvalue weighted by Gasteiger charge is -2.18. The maximum absolute atomic E-state index is 12.8. The third-order valence-corrected chi connectivity index (χ3v) is 11.2. The first-order valence-corrected chi connectivity index (χ1v) is 27.0. The number of esters is 3. The topological polar surface area (TPSA) is 78.9 Å². The number of hydrogen-bond acceptors (Lipinski definition) is 6. The predicted molar refractivity (Wildman–Crippen MR) is 283 cm³/mol. The summed E-state index contributed by atoms with van der Waals surface area (Å²) in [6.45, 7) is 6.37. The SMILES string of the molecule is CC\C=C/C=C\C=C/CCCCCCCC(=O)OCC(COC(=O)CCCCCCC\C=C/C=C\C=C/C=C\C=C/CCC)OC(=O)CCCCCCCCC/C=C\CCCCCCCC. The van der Waals surface area contributed by atoms with Crippen LogP contribution in [0.3, 0.4) is 0 Å². The fourth-order valence-electron chi connectivity index (χ4n) is 7.11. The molecule has 6 heteroatoms. The molecule has 0 aromatic rings. The van der Waals surface area contributed by atoms with Crippen molar-refractivity contribution in [3.8, 4) is 0 Å². The first-order chi connectivity index (χ1) is 32.5. The molecule has 0 aliphatic rings. The molecule has 1 atom stereocenters. The van der Waals surface area contributed by atoms with E-state index in [-0.39, 0.29) is 31.1 Å². The minimum absolute atomic E-state index is 0.101. The Labute approximate surface area is 406 Å². The maximum Gasteiger partial charge on any atom is 0.306 e. The lowest BCUT2D eigenvalue weighted by Crippen LogP contribution is -2.30. The molecule has 6 nitrogen and oxygen atoms in total. The fraction of sp³-hybridized carbons (Fsp3) is 0.650. The number of unbranched alkanes of at least 4 members (excludes halogenated alkanes) is 24. The molecule has 0 saturated carbocycles. The predicted octanol–water partition coefficient (Wildman–Crippen LogP) is 17.9. The lowest BCUT2D eigenvalue weighted by atomic mass is 10.1. The molecule has 0 fully saturated rings. The quantitative estimate of drug-likeness (QED) is 0.0199. The van der Waals surface area contributed by atoms with E-state index in [0.717, 1.165) is 109 Å². The summed E-state index contributed by atoms with van der Waals surface area (Å²) in [5, 5.41) is 0. The van der Waals surface area contributed by atoms with Crippen molar-refractivity contribution in [2.24, 2.45) is 0 Å². The standard InChI is InChI=1S/C60H98O6/c1-4-7-10-13-16-19-22-25-27-29-31-32-35-38-41-44-47-50-53-59(62)65-56-57(55-64-58(61)52-49-46-43-40-37-34-24-21-18-15-12-9-6-3)66-60(63)54-51-48-45-42-39-36-33-30-28-26-23-20-17-14-11-8-5-2/h9-10,12-13,15-16,18-19,21-22,24-29,31-32,57H,4-8,11,14,17,20,23,30,33-56H2,1-3H3/b12-9-,13-10-,18-15-,19-16-,24-21-,25-22-,28-26-,29-27-,32-31-. The van der Waals surface area contributed by atoms with Gasteiger partial charge in [-0.3, -0.25) is 14.4 Å². The fourth-order valence-corrected chi connectivity index (χ4v) is 7.11. The van der Waals surface area contributed by atoms with Crippen molar-refractivity contribution in [2.75, 3.05) is 13.2 Å². The normalized spacial score (nSPS) is 13.0. The number of ether oxygens (including phenoxy) is 3. The van der Waals surface area contributed by atoms with Crippen molar-refractivity contribution >= 4 is 17.9 Å². The van der Waals surface area contributed by atoms with Gasteiger partial charge < -0.3 is 14.2 Å². The van der Waals surface area contributed by atoms with Crippen LogP contribution in [0.1, 0.15) is 233 Å². The molecule has 66 heavy (non-hydrogen) atoms. The van der Waals surface area contributed by atoms with Crippen LogP contribution in [0.2, 0.25) is 0 Å². The van der Waals surface area contributed by atoms with Gasteiger partial charge in [-0.25, -0.2) is 0 Å². The van der Waals surface area contributed by atoms with Gasteiger partial charge in [0.25, 0.3) is 0 Å². The summed E-state index contributed by atoms with van der Waals surface area (Å²) >= 11 is 0. The lowest BCUT2D eigenvalue weighted by molar-refractivity contribution is -0.167. The highest BCUT2D eigenvalue weighted by atomic mass is 16.6. The van der Waals surface area contributed by atoms with Crippen LogP contribution in [0.15, 0.2) is 109 Å². The summed E-state index contributed by atoms with van der Waals surface area (Å²) < 4.78 is 16.8. The molecule has 0 N–H and O–H groups in total. The van der Waals surface area contributed by atoms with Gasteiger partial charge in [-0.2, -0.15) is 0 Å². The van der Waals surface area contributed by atoms with Crippen molar-refractivity contribution in [3.63, 3.8) is 0 Å². The number of carbonyl (C=O) groups excluding carboxylic acids is 3. The van der Waals surface area contributed by atoms with Gasteiger partial charge in [0.2, 0.25) is 0 Å². The summed E-state index contributed by atoms with van der Waals surface area (Å²) in [6, 6.07) is 0. The largest absolute Gasteiger partial charge is 0.462 e. The van der Waals surface area contributed by atoms with Crippen molar-refractivity contribution in [1.82, 2.24) is 0 Å². The molecular weight excluding hydrogens is 817 g/mol. The monoisotopic (exact) mass is 915 g/mol. The zero-order chi connectivity index (χ0) is 47.9. The molecule has 0 rings (SSSR count). The van der Waals surface area contributed by atoms with E-state index in [2.05, 4.69) is 106 Å². The molecule has 0 spiro atoms. The highest BCUT2D eigenvalue weighted by Crippen LogP contribution is 2.14.